The molecule has 0 saturated heterocycles. The number of rotatable bonds is 4. The van der Waals surface area contributed by atoms with Gasteiger partial charge in [0, 0.05) is 11.8 Å². The van der Waals surface area contributed by atoms with Crippen molar-refractivity contribution < 1.29 is 4.52 Å². The lowest BCUT2D eigenvalue weighted by Crippen LogP contribution is -2.02. The van der Waals surface area contributed by atoms with Gasteiger partial charge in [0.2, 0.25) is 5.95 Å². The van der Waals surface area contributed by atoms with Crippen molar-refractivity contribution in [2.45, 2.75) is 13.8 Å². The second kappa shape index (κ2) is 5.58. The predicted molar refractivity (Wildman–Crippen MR) is 78.8 cm³/mol. The van der Waals surface area contributed by atoms with Crippen LogP contribution < -0.4 is 10.6 Å². The molecule has 0 saturated carbocycles. The van der Waals surface area contributed by atoms with Crippen LogP contribution in [0.5, 0.6) is 0 Å². The monoisotopic (exact) mass is 282 g/mol. The molecule has 2 aromatic heterocycles. The molecule has 7 heteroatoms. The molecule has 0 radical (unpaired) electrons. The third-order valence-electron chi connectivity index (χ3n) is 2.72. The summed E-state index contributed by atoms with van der Waals surface area (Å²) < 4.78 is 4.98. The van der Waals surface area contributed by atoms with Crippen molar-refractivity contribution in [2.24, 2.45) is 0 Å². The van der Waals surface area contributed by atoms with Crippen molar-refractivity contribution in [3.63, 3.8) is 0 Å². The summed E-state index contributed by atoms with van der Waals surface area (Å²) >= 11 is 0. The fourth-order valence-electron chi connectivity index (χ4n) is 1.83. The number of anilines is 4. The number of aromatic nitrogens is 4. The Kier molecular flexibility index (Phi) is 3.46. The Morgan fingerprint density at radius 2 is 1.95 bits per heavy atom. The molecule has 0 spiro atoms. The lowest BCUT2D eigenvalue weighted by Gasteiger charge is -2.06. The second-order valence-electron chi connectivity index (χ2n) is 4.61. The Bertz CT molecular complexity index is 754. The van der Waals surface area contributed by atoms with E-state index in [0.717, 1.165) is 17.0 Å². The summed E-state index contributed by atoms with van der Waals surface area (Å²) in [6.07, 6.45) is 1.52. The van der Waals surface area contributed by atoms with Crippen molar-refractivity contribution in [1.29, 1.82) is 0 Å². The molecule has 2 N–H and O–H groups in total. The normalized spacial score (nSPS) is 10.4. The Balaban J connectivity index is 1.76. The van der Waals surface area contributed by atoms with Crippen molar-refractivity contribution in [3.05, 3.63) is 47.9 Å². The Morgan fingerprint density at radius 1 is 1.05 bits per heavy atom. The van der Waals surface area contributed by atoms with E-state index in [4.69, 9.17) is 4.52 Å². The first-order valence-electron chi connectivity index (χ1n) is 6.43. The van der Waals surface area contributed by atoms with Gasteiger partial charge < -0.3 is 15.2 Å². The number of benzene rings is 1. The van der Waals surface area contributed by atoms with Crippen LogP contribution in [0.25, 0.3) is 0 Å². The van der Waals surface area contributed by atoms with Gasteiger partial charge in [-0.25, -0.2) is 0 Å². The molecule has 0 aliphatic heterocycles. The molecular formula is C14H14N6O. The van der Waals surface area contributed by atoms with Gasteiger partial charge in [0.15, 0.2) is 11.6 Å². The van der Waals surface area contributed by atoms with Crippen LogP contribution in [-0.2, 0) is 0 Å². The summed E-state index contributed by atoms with van der Waals surface area (Å²) in [5.41, 5.74) is 2.06. The molecule has 2 heterocycles. The van der Waals surface area contributed by atoms with Crippen molar-refractivity contribution in [2.75, 3.05) is 10.6 Å². The molecule has 106 valence electrons. The van der Waals surface area contributed by atoms with E-state index >= 15 is 0 Å². The smallest absolute Gasteiger partial charge is 0.249 e. The van der Waals surface area contributed by atoms with Gasteiger partial charge in [0.05, 0.1) is 6.20 Å². The molecule has 1 aromatic carbocycles. The molecule has 21 heavy (non-hydrogen) atoms. The van der Waals surface area contributed by atoms with E-state index in [-0.39, 0.29) is 0 Å². The van der Waals surface area contributed by atoms with E-state index in [1.807, 2.05) is 38.1 Å². The minimum atomic E-state index is 0.408. The van der Waals surface area contributed by atoms with Gasteiger partial charge in [-0.05, 0) is 31.5 Å². The Morgan fingerprint density at radius 3 is 2.71 bits per heavy atom. The maximum Gasteiger partial charge on any atom is 0.249 e. The van der Waals surface area contributed by atoms with Crippen LogP contribution >= 0.6 is 0 Å². The molecule has 3 aromatic rings. The Labute approximate surface area is 121 Å². The van der Waals surface area contributed by atoms with Crippen LogP contribution in [0.1, 0.15) is 11.3 Å². The van der Waals surface area contributed by atoms with Gasteiger partial charge in [-0.15, -0.1) is 5.10 Å². The number of nitrogens with zero attached hydrogens (tertiary/aromatic N) is 4. The van der Waals surface area contributed by atoms with Crippen LogP contribution in [0.2, 0.25) is 0 Å². The quantitative estimate of drug-likeness (QED) is 0.760. The largest absolute Gasteiger partial charge is 0.360 e. The SMILES string of the molecule is Cc1cccc(Nc2nncc(Nc3cc(C)on3)n2)c1. The van der Waals surface area contributed by atoms with Crippen molar-refractivity contribution >= 4 is 23.3 Å². The molecule has 0 amide bonds. The second-order valence-corrected chi connectivity index (χ2v) is 4.61. The van der Waals surface area contributed by atoms with Crippen LogP contribution in [-0.4, -0.2) is 20.3 Å². The minimum Gasteiger partial charge on any atom is -0.360 e. The minimum absolute atomic E-state index is 0.408. The Hall–Kier alpha value is -2.96. The van der Waals surface area contributed by atoms with Crippen LogP contribution in [0.3, 0.4) is 0 Å². The topological polar surface area (TPSA) is 88.8 Å². The maximum absolute atomic E-state index is 4.98. The molecule has 0 unspecified atom stereocenters. The van der Waals surface area contributed by atoms with Crippen molar-refractivity contribution in [1.82, 2.24) is 20.3 Å². The lowest BCUT2D eigenvalue weighted by molar-refractivity contribution is 0.400. The molecule has 0 aliphatic carbocycles. The van der Waals surface area contributed by atoms with Gasteiger partial charge in [-0.1, -0.05) is 17.3 Å². The van der Waals surface area contributed by atoms with Crippen LogP contribution in [0, 0.1) is 13.8 Å². The standard InChI is InChI=1S/C14H14N6O/c1-9-4-3-5-11(6-9)16-14-18-13(8-15-19-14)17-12-7-10(2)21-20-12/h3-8H,1-2H3,(H2,16,17,18,19,20). The van der Waals surface area contributed by atoms with Gasteiger partial charge in [0.1, 0.15) is 5.76 Å². The fraction of sp³-hybridized carbons (Fsp3) is 0.143. The summed E-state index contributed by atoms with van der Waals surface area (Å²) in [5.74, 6) is 2.24. The zero-order chi connectivity index (χ0) is 14.7. The fourth-order valence-corrected chi connectivity index (χ4v) is 1.83. The van der Waals surface area contributed by atoms with Crippen LogP contribution in [0.15, 0.2) is 41.1 Å². The highest BCUT2D eigenvalue weighted by Crippen LogP contribution is 2.17. The van der Waals surface area contributed by atoms with E-state index in [1.54, 1.807) is 6.07 Å². The summed E-state index contributed by atoms with van der Waals surface area (Å²) in [6, 6.07) is 9.71. The molecule has 0 atom stereocenters. The first-order chi connectivity index (χ1) is 10.2. The van der Waals surface area contributed by atoms with E-state index in [0.29, 0.717) is 17.6 Å². The third-order valence-corrected chi connectivity index (χ3v) is 2.72. The number of nitrogens with one attached hydrogen (secondary N) is 2. The number of hydrogen-bond acceptors (Lipinski definition) is 7. The highest BCUT2D eigenvalue weighted by molar-refractivity contribution is 5.57. The van der Waals surface area contributed by atoms with E-state index in [1.165, 1.54) is 6.20 Å². The molecule has 7 nitrogen and oxygen atoms in total. The summed E-state index contributed by atoms with van der Waals surface area (Å²) in [5, 5.41) is 17.8. The zero-order valence-corrected chi connectivity index (χ0v) is 11.7. The average molecular weight is 282 g/mol. The number of hydrogen-bond donors (Lipinski definition) is 2. The predicted octanol–water partition coefficient (Wildman–Crippen LogP) is 2.96. The molecule has 0 fully saturated rings. The molecule has 3 rings (SSSR count). The van der Waals surface area contributed by atoms with Gasteiger partial charge in [-0.3, -0.25) is 0 Å². The first kappa shape index (κ1) is 13.0. The number of aryl methyl sites for hydroxylation is 2. The lowest BCUT2D eigenvalue weighted by atomic mass is 10.2. The zero-order valence-electron chi connectivity index (χ0n) is 11.7. The molecule has 0 aliphatic rings. The van der Waals surface area contributed by atoms with Gasteiger partial charge in [-0.2, -0.15) is 10.1 Å². The summed E-state index contributed by atoms with van der Waals surface area (Å²) in [7, 11) is 0. The molecule has 0 bridgehead atoms. The van der Waals surface area contributed by atoms with E-state index in [2.05, 4.69) is 31.0 Å². The third kappa shape index (κ3) is 3.33. The van der Waals surface area contributed by atoms with Crippen LogP contribution in [0.4, 0.5) is 23.3 Å². The summed E-state index contributed by atoms with van der Waals surface area (Å²) in [6.45, 7) is 3.84. The maximum atomic E-state index is 4.98. The first-order valence-corrected chi connectivity index (χ1v) is 6.43. The van der Waals surface area contributed by atoms with E-state index in [9.17, 15) is 0 Å². The summed E-state index contributed by atoms with van der Waals surface area (Å²) in [4.78, 5) is 4.32. The molecular weight excluding hydrogens is 268 g/mol. The highest BCUT2D eigenvalue weighted by Gasteiger charge is 2.04. The highest BCUT2D eigenvalue weighted by atomic mass is 16.5. The average Bonchev–Trinajstić information content (AvgIpc) is 2.84. The van der Waals surface area contributed by atoms with Gasteiger partial charge >= 0.3 is 0 Å². The van der Waals surface area contributed by atoms with Crippen molar-refractivity contribution in [3.8, 4) is 0 Å². The van der Waals surface area contributed by atoms with E-state index < -0.39 is 0 Å². The van der Waals surface area contributed by atoms with Gasteiger partial charge in [0.25, 0.3) is 0 Å².